The normalized spacial score (nSPS) is 41.8. The van der Waals surface area contributed by atoms with Gasteiger partial charge in [0.15, 0.2) is 6.08 Å². The van der Waals surface area contributed by atoms with E-state index in [4.69, 9.17) is 10.8 Å². The molecule has 0 unspecified atom stereocenters. The number of hydrogen-bond donors (Lipinski definition) is 0. The van der Waals surface area contributed by atoms with Gasteiger partial charge in [-0.2, -0.15) is 0 Å². The van der Waals surface area contributed by atoms with E-state index in [0.717, 1.165) is 12.8 Å². The molecule has 90 valence electrons. The molecule has 3 rings (SSSR count). The first-order valence-corrected chi connectivity index (χ1v) is 6.49. The average Bonchev–Trinajstić information content (AvgIpc) is 2.72. The number of nitrogens with zero attached hydrogens (tertiary/aromatic N) is 1. The molecule has 3 heteroatoms. The summed E-state index contributed by atoms with van der Waals surface area (Å²) in [6.07, 6.45) is 4.62. The lowest BCUT2D eigenvalue weighted by molar-refractivity contribution is 0.233. The van der Waals surface area contributed by atoms with Crippen LogP contribution < -0.4 is 0 Å². The second kappa shape index (κ2) is 3.73. The van der Waals surface area contributed by atoms with Crippen LogP contribution in [0.4, 0.5) is 0 Å². The molecule has 0 aromatic heterocycles. The minimum absolute atomic E-state index is 0.206. The Hall–Kier alpha value is -0.570. The Balaban J connectivity index is 1.76. The van der Waals surface area contributed by atoms with Crippen LogP contribution in [0, 0.1) is 5.92 Å². The zero-order chi connectivity index (χ0) is 12.1. The summed E-state index contributed by atoms with van der Waals surface area (Å²) < 4.78 is 19.8. The van der Waals surface area contributed by atoms with Crippen molar-refractivity contribution in [3.8, 4) is 0 Å². The van der Waals surface area contributed by atoms with Crippen molar-refractivity contribution in [1.82, 2.24) is 0 Å². The number of rotatable bonds is 2. The fourth-order valence-electron chi connectivity index (χ4n) is 2.72. The van der Waals surface area contributed by atoms with Gasteiger partial charge in [0, 0.05) is 0 Å². The molecule has 1 saturated carbocycles. The molecule has 2 atom stereocenters. The molecule has 3 nitrogen and oxygen atoms in total. The van der Waals surface area contributed by atoms with Gasteiger partial charge >= 0.3 is 0 Å². The molecule has 3 aliphatic rings. The molecule has 1 saturated heterocycles. The van der Waals surface area contributed by atoms with E-state index in [2.05, 4.69) is 18.8 Å². The van der Waals surface area contributed by atoms with Crippen LogP contribution in [0.1, 0.15) is 47.3 Å². The van der Waals surface area contributed by atoms with Crippen molar-refractivity contribution in [2.45, 2.75) is 63.7 Å². The van der Waals surface area contributed by atoms with E-state index in [0.29, 0.717) is 18.4 Å². The van der Waals surface area contributed by atoms with E-state index >= 15 is 0 Å². The van der Waals surface area contributed by atoms with Crippen molar-refractivity contribution in [2.75, 3.05) is 6.61 Å². The van der Waals surface area contributed by atoms with Gasteiger partial charge in [-0.1, -0.05) is 33.1 Å². The lowest BCUT2D eigenvalue weighted by atomic mass is 9.86. The van der Waals surface area contributed by atoms with Crippen LogP contribution in [0.3, 0.4) is 0 Å². The van der Waals surface area contributed by atoms with Crippen molar-refractivity contribution in [3.63, 3.8) is 0 Å². The number of ether oxygens (including phenoxy) is 2. The summed E-state index contributed by atoms with van der Waals surface area (Å²) in [6, 6.07) is 0.206. The lowest BCUT2D eigenvalue weighted by Crippen LogP contribution is -2.23. The van der Waals surface area contributed by atoms with Gasteiger partial charge in [0.25, 0.3) is 0 Å². The van der Waals surface area contributed by atoms with Gasteiger partial charge in [-0.3, -0.25) is 0 Å². The molecule has 2 heterocycles. The van der Waals surface area contributed by atoms with E-state index in [9.17, 15) is 0 Å². The van der Waals surface area contributed by atoms with Crippen LogP contribution in [0.5, 0.6) is 0 Å². The molecule has 2 aliphatic heterocycles. The van der Waals surface area contributed by atoms with Gasteiger partial charge in [0.1, 0.15) is 12.2 Å². The summed E-state index contributed by atoms with van der Waals surface area (Å²) in [5.41, 5.74) is -0.268. The third-order valence-electron chi connectivity index (χ3n) is 3.97. The Kier molecular flexibility index (Phi) is 2.20. The van der Waals surface area contributed by atoms with Gasteiger partial charge in [-0.05, 0) is 18.8 Å². The largest absolute Gasteiger partial charge is 0.477 e. The van der Waals surface area contributed by atoms with Crippen molar-refractivity contribution in [1.29, 1.82) is 0 Å². The first kappa shape index (κ1) is 9.46. The molecular weight excluding hydrogens is 202 g/mol. The van der Waals surface area contributed by atoms with Gasteiger partial charge in [-0.25, -0.2) is 4.99 Å². The second-order valence-corrected chi connectivity index (χ2v) is 5.54. The fourth-order valence-corrected chi connectivity index (χ4v) is 2.72. The molecule has 0 bridgehead atoms. The van der Waals surface area contributed by atoms with Crippen molar-refractivity contribution in [2.24, 2.45) is 10.9 Å². The standard InChI is InChI=1S/C13H21NO2/c1-9(2)10-8-15-12(14-10)11-13(16-11)6-4-3-5-7-13/h9-11H,3-8H2,1-2H3/t10-,11-/m1/s1/i11D. The van der Waals surface area contributed by atoms with Crippen LogP contribution in [0.15, 0.2) is 4.99 Å². The van der Waals surface area contributed by atoms with E-state index in [1.165, 1.54) is 19.3 Å². The van der Waals surface area contributed by atoms with Gasteiger partial charge < -0.3 is 9.47 Å². The highest BCUT2D eigenvalue weighted by Crippen LogP contribution is 2.49. The van der Waals surface area contributed by atoms with Gasteiger partial charge in [0.05, 0.1) is 7.41 Å². The SMILES string of the molecule is [2H][C@]1(C2=N[C@@H](C(C)C)CO2)OC12CCCCC2. The molecule has 0 N–H and O–H groups in total. The summed E-state index contributed by atoms with van der Waals surface area (Å²) >= 11 is 0. The van der Waals surface area contributed by atoms with E-state index in [1.807, 2.05) is 0 Å². The summed E-state index contributed by atoms with van der Waals surface area (Å²) in [5.74, 6) is 1.01. The number of epoxide rings is 1. The highest BCUT2D eigenvalue weighted by atomic mass is 16.6. The van der Waals surface area contributed by atoms with E-state index in [1.54, 1.807) is 0 Å². The Bertz CT molecular complexity index is 349. The highest BCUT2D eigenvalue weighted by Gasteiger charge is 2.60. The smallest absolute Gasteiger partial charge is 0.216 e. The van der Waals surface area contributed by atoms with E-state index < -0.39 is 6.08 Å². The van der Waals surface area contributed by atoms with Gasteiger partial charge in [-0.15, -0.1) is 0 Å². The van der Waals surface area contributed by atoms with Crippen molar-refractivity contribution < 1.29 is 10.8 Å². The highest BCUT2D eigenvalue weighted by molar-refractivity contribution is 5.86. The maximum atomic E-state index is 8.44. The number of aliphatic imine (C=N–C) groups is 1. The van der Waals surface area contributed by atoms with Crippen LogP contribution in [-0.4, -0.2) is 30.2 Å². The number of hydrogen-bond acceptors (Lipinski definition) is 3. The fraction of sp³-hybridized carbons (Fsp3) is 0.923. The van der Waals surface area contributed by atoms with Crippen LogP contribution in [-0.2, 0) is 9.47 Å². The monoisotopic (exact) mass is 224 g/mol. The third kappa shape index (κ3) is 1.65. The van der Waals surface area contributed by atoms with Crippen LogP contribution in [0.2, 0.25) is 0 Å². The summed E-state index contributed by atoms with van der Waals surface area (Å²) in [5, 5.41) is 0. The van der Waals surface area contributed by atoms with Crippen molar-refractivity contribution >= 4 is 5.90 Å². The zero-order valence-corrected chi connectivity index (χ0v) is 10.2. The summed E-state index contributed by atoms with van der Waals surface area (Å²) in [4.78, 5) is 4.55. The minimum atomic E-state index is -0.961. The molecule has 2 fully saturated rings. The average molecular weight is 224 g/mol. The molecule has 0 amide bonds. The topological polar surface area (TPSA) is 34.1 Å². The molecule has 1 aliphatic carbocycles. The second-order valence-electron chi connectivity index (χ2n) is 5.54. The minimum Gasteiger partial charge on any atom is -0.477 e. The Morgan fingerprint density at radius 2 is 2.12 bits per heavy atom. The maximum absolute atomic E-state index is 8.44. The zero-order valence-electron chi connectivity index (χ0n) is 11.2. The van der Waals surface area contributed by atoms with Crippen LogP contribution in [0.25, 0.3) is 0 Å². The Labute approximate surface area is 98.6 Å². The van der Waals surface area contributed by atoms with E-state index in [-0.39, 0.29) is 11.6 Å². The Morgan fingerprint density at radius 3 is 2.75 bits per heavy atom. The Morgan fingerprint density at radius 1 is 1.38 bits per heavy atom. The van der Waals surface area contributed by atoms with Crippen molar-refractivity contribution in [3.05, 3.63) is 0 Å². The predicted octanol–water partition coefficient (Wildman–Crippen LogP) is 2.54. The molecule has 16 heavy (non-hydrogen) atoms. The molecule has 1 spiro atoms. The predicted molar refractivity (Wildman–Crippen MR) is 62.7 cm³/mol. The molecule has 0 aromatic rings. The lowest BCUT2D eigenvalue weighted by Gasteiger charge is -2.17. The third-order valence-corrected chi connectivity index (χ3v) is 3.97. The molecular formula is C13H21NO2. The summed E-state index contributed by atoms with van der Waals surface area (Å²) in [7, 11) is 0. The first-order valence-electron chi connectivity index (χ1n) is 6.99. The molecule has 0 radical (unpaired) electrons. The van der Waals surface area contributed by atoms with Gasteiger partial charge in [0.2, 0.25) is 5.90 Å². The first-order chi connectivity index (χ1) is 8.07. The van der Waals surface area contributed by atoms with Crippen LogP contribution >= 0.6 is 0 Å². The molecule has 0 aromatic carbocycles. The maximum Gasteiger partial charge on any atom is 0.216 e. The quantitative estimate of drug-likeness (QED) is 0.675. The summed E-state index contributed by atoms with van der Waals surface area (Å²) in [6.45, 7) is 4.90.